The Kier molecular flexibility index (Phi) is 4.76. The zero-order valence-corrected chi connectivity index (χ0v) is 12.2. The summed E-state index contributed by atoms with van der Waals surface area (Å²) >= 11 is 0. The van der Waals surface area contributed by atoms with E-state index in [0.717, 1.165) is 0 Å². The van der Waals surface area contributed by atoms with E-state index in [-0.39, 0.29) is 11.9 Å². The van der Waals surface area contributed by atoms with Gasteiger partial charge in [0.1, 0.15) is 12.2 Å². The van der Waals surface area contributed by atoms with Gasteiger partial charge in [-0.05, 0) is 32.0 Å². The standard InChI is InChI=1S/C14H18N4O3/c1-4-21-12-7-10(5-6-11(12)20-3)14(19)17-9(2)13-15-8-16-18-13/h5-9H,4H2,1-3H3,(H,17,19)(H,15,16,18). The molecular weight excluding hydrogens is 272 g/mol. The molecule has 2 rings (SSSR count). The molecule has 1 amide bonds. The lowest BCUT2D eigenvalue weighted by molar-refractivity contribution is 0.0938. The van der Waals surface area contributed by atoms with Crippen molar-refractivity contribution in [2.24, 2.45) is 0 Å². The van der Waals surface area contributed by atoms with E-state index in [4.69, 9.17) is 9.47 Å². The first kappa shape index (κ1) is 14.8. The summed E-state index contributed by atoms with van der Waals surface area (Å²) in [6.07, 6.45) is 1.40. The van der Waals surface area contributed by atoms with Crippen molar-refractivity contribution in [3.63, 3.8) is 0 Å². The van der Waals surface area contributed by atoms with Crippen molar-refractivity contribution in [2.45, 2.75) is 19.9 Å². The van der Waals surface area contributed by atoms with Crippen molar-refractivity contribution in [1.82, 2.24) is 20.5 Å². The van der Waals surface area contributed by atoms with Gasteiger partial charge in [-0.2, -0.15) is 5.10 Å². The van der Waals surface area contributed by atoms with Crippen molar-refractivity contribution in [2.75, 3.05) is 13.7 Å². The summed E-state index contributed by atoms with van der Waals surface area (Å²) < 4.78 is 10.7. The second kappa shape index (κ2) is 6.74. The van der Waals surface area contributed by atoms with Crippen LogP contribution in [0.2, 0.25) is 0 Å². The van der Waals surface area contributed by atoms with Crippen LogP contribution in [-0.4, -0.2) is 34.8 Å². The Bertz CT molecular complexity index is 598. The average Bonchev–Trinajstić information content (AvgIpc) is 3.01. The molecule has 0 radical (unpaired) electrons. The van der Waals surface area contributed by atoms with E-state index in [1.54, 1.807) is 25.3 Å². The predicted octanol–water partition coefficient (Wildman–Crippen LogP) is 1.70. The highest BCUT2D eigenvalue weighted by atomic mass is 16.5. The lowest BCUT2D eigenvalue weighted by atomic mass is 10.1. The molecule has 0 fully saturated rings. The first-order chi connectivity index (χ1) is 10.2. The highest BCUT2D eigenvalue weighted by Gasteiger charge is 2.15. The average molecular weight is 290 g/mol. The number of hydrogen-bond donors (Lipinski definition) is 2. The third-order valence-electron chi connectivity index (χ3n) is 2.92. The number of rotatable bonds is 6. The molecule has 7 heteroatoms. The quantitative estimate of drug-likeness (QED) is 0.845. The molecule has 7 nitrogen and oxygen atoms in total. The lowest BCUT2D eigenvalue weighted by Gasteiger charge is -2.13. The molecule has 0 spiro atoms. The summed E-state index contributed by atoms with van der Waals surface area (Å²) in [6.45, 7) is 4.19. The lowest BCUT2D eigenvalue weighted by Crippen LogP contribution is -2.27. The SMILES string of the molecule is CCOc1cc(C(=O)NC(C)c2ncn[nH]2)ccc1OC. The fraction of sp³-hybridized carbons (Fsp3) is 0.357. The molecule has 0 bridgehead atoms. The first-order valence-electron chi connectivity index (χ1n) is 6.62. The zero-order chi connectivity index (χ0) is 15.2. The molecule has 2 N–H and O–H groups in total. The molecule has 1 unspecified atom stereocenters. The number of aromatic amines is 1. The molecule has 0 saturated carbocycles. The van der Waals surface area contributed by atoms with E-state index in [1.165, 1.54) is 6.33 Å². The Labute approximate surface area is 122 Å². The van der Waals surface area contributed by atoms with Gasteiger partial charge in [0, 0.05) is 5.56 Å². The molecule has 21 heavy (non-hydrogen) atoms. The Morgan fingerprint density at radius 3 is 2.86 bits per heavy atom. The third-order valence-corrected chi connectivity index (χ3v) is 2.92. The number of methoxy groups -OCH3 is 1. The number of nitrogens with one attached hydrogen (secondary N) is 2. The molecule has 0 aliphatic rings. The second-order valence-corrected chi connectivity index (χ2v) is 4.36. The fourth-order valence-electron chi connectivity index (χ4n) is 1.86. The molecule has 0 aliphatic heterocycles. The van der Waals surface area contributed by atoms with Gasteiger partial charge in [0.05, 0.1) is 19.8 Å². The number of carbonyl (C=O) groups excluding carboxylic acids is 1. The van der Waals surface area contributed by atoms with Gasteiger partial charge >= 0.3 is 0 Å². The van der Waals surface area contributed by atoms with Crippen molar-refractivity contribution >= 4 is 5.91 Å². The van der Waals surface area contributed by atoms with Gasteiger partial charge in [-0.25, -0.2) is 4.98 Å². The van der Waals surface area contributed by atoms with Gasteiger partial charge in [0.2, 0.25) is 0 Å². The largest absolute Gasteiger partial charge is 0.493 e. The van der Waals surface area contributed by atoms with Crippen LogP contribution in [-0.2, 0) is 0 Å². The molecule has 112 valence electrons. The van der Waals surface area contributed by atoms with Crippen LogP contribution >= 0.6 is 0 Å². The van der Waals surface area contributed by atoms with Gasteiger partial charge in [-0.1, -0.05) is 0 Å². The molecule has 0 aliphatic carbocycles. The predicted molar refractivity (Wildman–Crippen MR) is 76.4 cm³/mol. The Morgan fingerprint density at radius 1 is 1.43 bits per heavy atom. The summed E-state index contributed by atoms with van der Waals surface area (Å²) in [5, 5.41) is 9.32. The molecule has 2 aromatic rings. The van der Waals surface area contributed by atoms with Gasteiger partial charge < -0.3 is 14.8 Å². The minimum atomic E-state index is -0.266. The number of carbonyl (C=O) groups is 1. The van der Waals surface area contributed by atoms with E-state index < -0.39 is 0 Å². The second-order valence-electron chi connectivity index (χ2n) is 4.36. The number of ether oxygens (including phenoxy) is 2. The maximum absolute atomic E-state index is 12.2. The first-order valence-corrected chi connectivity index (χ1v) is 6.62. The number of amides is 1. The number of aromatic nitrogens is 3. The Morgan fingerprint density at radius 2 is 2.24 bits per heavy atom. The summed E-state index contributed by atoms with van der Waals surface area (Å²) in [5.41, 5.74) is 0.491. The number of benzene rings is 1. The van der Waals surface area contributed by atoms with Gasteiger partial charge in [-0.15, -0.1) is 0 Å². The monoisotopic (exact) mass is 290 g/mol. The van der Waals surface area contributed by atoms with Crippen LogP contribution in [0.3, 0.4) is 0 Å². The molecule has 1 atom stereocenters. The van der Waals surface area contributed by atoms with Crippen LogP contribution in [0.15, 0.2) is 24.5 Å². The highest BCUT2D eigenvalue weighted by Crippen LogP contribution is 2.28. The van der Waals surface area contributed by atoms with E-state index >= 15 is 0 Å². The molecule has 0 saturated heterocycles. The van der Waals surface area contributed by atoms with E-state index in [2.05, 4.69) is 20.5 Å². The van der Waals surface area contributed by atoms with Crippen LogP contribution in [0.1, 0.15) is 36.1 Å². The van der Waals surface area contributed by atoms with Gasteiger partial charge in [-0.3, -0.25) is 9.89 Å². The third kappa shape index (κ3) is 3.50. The van der Waals surface area contributed by atoms with Gasteiger partial charge in [0.15, 0.2) is 11.5 Å². The molecule has 1 heterocycles. The number of hydrogen-bond acceptors (Lipinski definition) is 5. The maximum Gasteiger partial charge on any atom is 0.252 e. The van der Waals surface area contributed by atoms with Crippen molar-refractivity contribution in [1.29, 1.82) is 0 Å². The molecular formula is C14H18N4O3. The maximum atomic E-state index is 12.2. The molecule has 1 aromatic carbocycles. The zero-order valence-electron chi connectivity index (χ0n) is 12.2. The number of nitrogens with zero attached hydrogens (tertiary/aromatic N) is 2. The Balaban J connectivity index is 2.13. The van der Waals surface area contributed by atoms with Crippen LogP contribution in [0.25, 0.3) is 0 Å². The van der Waals surface area contributed by atoms with Gasteiger partial charge in [0.25, 0.3) is 5.91 Å². The minimum Gasteiger partial charge on any atom is -0.493 e. The highest BCUT2D eigenvalue weighted by molar-refractivity contribution is 5.95. The van der Waals surface area contributed by atoms with Crippen LogP contribution < -0.4 is 14.8 Å². The number of H-pyrrole nitrogens is 1. The van der Waals surface area contributed by atoms with E-state index in [0.29, 0.717) is 29.5 Å². The summed E-state index contributed by atoms with van der Waals surface area (Å²) in [4.78, 5) is 16.2. The van der Waals surface area contributed by atoms with Crippen LogP contribution in [0, 0.1) is 0 Å². The molecule has 1 aromatic heterocycles. The van der Waals surface area contributed by atoms with Crippen LogP contribution in [0.4, 0.5) is 0 Å². The minimum absolute atomic E-state index is 0.220. The summed E-state index contributed by atoms with van der Waals surface area (Å²) in [6, 6.07) is 4.78. The van der Waals surface area contributed by atoms with Crippen LogP contribution in [0.5, 0.6) is 11.5 Å². The van der Waals surface area contributed by atoms with Crippen molar-refractivity contribution < 1.29 is 14.3 Å². The van der Waals surface area contributed by atoms with Crippen molar-refractivity contribution in [3.05, 3.63) is 35.9 Å². The summed E-state index contributed by atoms with van der Waals surface area (Å²) in [5.74, 6) is 1.51. The smallest absolute Gasteiger partial charge is 0.252 e. The summed E-state index contributed by atoms with van der Waals surface area (Å²) in [7, 11) is 1.56. The van der Waals surface area contributed by atoms with E-state index in [1.807, 2.05) is 13.8 Å². The Hall–Kier alpha value is -2.57. The normalized spacial score (nSPS) is 11.8. The topological polar surface area (TPSA) is 89.1 Å². The van der Waals surface area contributed by atoms with Crippen molar-refractivity contribution in [3.8, 4) is 11.5 Å². The van der Waals surface area contributed by atoms with E-state index in [9.17, 15) is 4.79 Å². The fourth-order valence-corrected chi connectivity index (χ4v) is 1.86.